The molecule has 2 rings (SSSR count). The molecule has 0 aliphatic heterocycles. The van der Waals surface area contributed by atoms with E-state index in [-0.39, 0.29) is 11.9 Å². The zero-order valence-corrected chi connectivity index (χ0v) is 14.6. The number of methoxy groups -OCH3 is 1. The van der Waals surface area contributed by atoms with Gasteiger partial charge in [-0.1, -0.05) is 0 Å². The van der Waals surface area contributed by atoms with Crippen LogP contribution in [0.2, 0.25) is 0 Å². The van der Waals surface area contributed by atoms with E-state index in [1.165, 1.54) is 7.11 Å². The maximum absolute atomic E-state index is 12.0. The molecule has 1 aromatic heterocycles. The summed E-state index contributed by atoms with van der Waals surface area (Å²) >= 11 is 1.58. The number of ether oxygens (including phenoxy) is 1. The van der Waals surface area contributed by atoms with Gasteiger partial charge in [-0.25, -0.2) is 9.78 Å². The third-order valence-electron chi connectivity index (χ3n) is 3.27. The van der Waals surface area contributed by atoms with Crippen molar-refractivity contribution in [1.29, 1.82) is 0 Å². The summed E-state index contributed by atoms with van der Waals surface area (Å²) in [6.07, 6.45) is 0.660. The number of carbonyl (C=O) groups is 2. The van der Waals surface area contributed by atoms with Gasteiger partial charge < -0.3 is 20.7 Å². The number of urea groups is 1. The van der Waals surface area contributed by atoms with Crippen molar-refractivity contribution in [2.24, 2.45) is 0 Å². The Labute approximate surface area is 144 Å². The molecule has 24 heavy (non-hydrogen) atoms. The highest BCUT2D eigenvalue weighted by Gasteiger charge is 2.11. The summed E-state index contributed by atoms with van der Waals surface area (Å²) in [5.41, 5.74) is 1.82. The molecular formula is C16H20N4O3S. The lowest BCUT2D eigenvalue weighted by atomic mass is 10.1. The normalized spacial score (nSPS) is 10.1. The van der Waals surface area contributed by atoms with Crippen molar-refractivity contribution >= 4 is 29.0 Å². The number of aromatic nitrogens is 1. The molecule has 0 aliphatic carbocycles. The summed E-state index contributed by atoms with van der Waals surface area (Å²) in [7, 11) is 3.05. The van der Waals surface area contributed by atoms with Gasteiger partial charge in [0.15, 0.2) is 0 Å². The molecule has 0 saturated carbocycles. The van der Waals surface area contributed by atoms with Crippen molar-refractivity contribution in [3.05, 3.63) is 39.8 Å². The van der Waals surface area contributed by atoms with E-state index in [9.17, 15) is 9.59 Å². The number of nitrogens with one attached hydrogen (secondary N) is 3. The molecule has 3 N–H and O–H groups in total. The van der Waals surface area contributed by atoms with Crippen molar-refractivity contribution in [2.45, 2.75) is 13.3 Å². The lowest BCUT2D eigenvalue weighted by Crippen LogP contribution is -2.30. The molecule has 0 saturated heterocycles. The molecule has 3 amide bonds. The second kappa shape index (κ2) is 8.30. The highest BCUT2D eigenvalue weighted by Crippen LogP contribution is 2.25. The van der Waals surface area contributed by atoms with Crippen LogP contribution in [0, 0.1) is 6.92 Å². The average molecular weight is 348 g/mol. The number of carbonyl (C=O) groups excluding carboxylic acids is 2. The molecule has 0 aliphatic rings. The van der Waals surface area contributed by atoms with Crippen LogP contribution in [0.4, 0.5) is 10.5 Å². The molecular weight excluding hydrogens is 328 g/mol. The van der Waals surface area contributed by atoms with E-state index < -0.39 is 0 Å². The Balaban J connectivity index is 1.95. The summed E-state index contributed by atoms with van der Waals surface area (Å²) in [6, 6.07) is 4.47. The van der Waals surface area contributed by atoms with E-state index in [0.29, 0.717) is 30.0 Å². The number of hydrogen-bond acceptors (Lipinski definition) is 5. The van der Waals surface area contributed by atoms with Crippen LogP contribution in [-0.2, 0) is 6.42 Å². The van der Waals surface area contributed by atoms with Gasteiger partial charge in [0.1, 0.15) is 5.75 Å². The summed E-state index contributed by atoms with van der Waals surface area (Å²) in [4.78, 5) is 28.1. The predicted molar refractivity (Wildman–Crippen MR) is 94.0 cm³/mol. The van der Waals surface area contributed by atoms with E-state index in [0.717, 1.165) is 10.7 Å². The fourth-order valence-electron chi connectivity index (χ4n) is 2.08. The SMILES string of the molecule is CNC(=O)c1ccc(OC)c(NC(=O)NCCc2csc(C)n2)c1. The Morgan fingerprint density at radius 1 is 1.33 bits per heavy atom. The molecule has 0 unspecified atom stereocenters. The first-order valence-corrected chi connectivity index (χ1v) is 8.27. The lowest BCUT2D eigenvalue weighted by Gasteiger charge is -2.12. The van der Waals surface area contributed by atoms with E-state index in [2.05, 4.69) is 20.9 Å². The van der Waals surface area contributed by atoms with Crippen LogP contribution >= 0.6 is 11.3 Å². The molecule has 1 heterocycles. The quantitative estimate of drug-likeness (QED) is 0.746. The standard InChI is InChI=1S/C16H20N4O3S/c1-10-19-12(9-24-10)6-7-18-16(22)20-13-8-11(15(21)17-2)4-5-14(13)23-3/h4-5,8-9H,6-7H2,1-3H3,(H,17,21)(H2,18,20,22). The second-order valence-corrected chi connectivity index (χ2v) is 6.05. The smallest absolute Gasteiger partial charge is 0.319 e. The number of hydrogen-bond donors (Lipinski definition) is 3. The zero-order valence-electron chi connectivity index (χ0n) is 13.8. The molecule has 0 bridgehead atoms. The van der Waals surface area contributed by atoms with Crippen LogP contribution in [0.15, 0.2) is 23.6 Å². The third-order valence-corrected chi connectivity index (χ3v) is 4.09. The molecule has 7 nitrogen and oxygen atoms in total. The summed E-state index contributed by atoms with van der Waals surface area (Å²) < 4.78 is 5.21. The van der Waals surface area contributed by atoms with Gasteiger partial charge in [0.2, 0.25) is 0 Å². The number of amides is 3. The Morgan fingerprint density at radius 2 is 2.12 bits per heavy atom. The number of rotatable bonds is 6. The largest absolute Gasteiger partial charge is 0.495 e. The van der Waals surface area contributed by atoms with Crippen LogP contribution in [0.1, 0.15) is 21.1 Å². The first-order valence-electron chi connectivity index (χ1n) is 7.39. The van der Waals surface area contributed by atoms with Crippen molar-refractivity contribution in [3.63, 3.8) is 0 Å². The monoisotopic (exact) mass is 348 g/mol. The summed E-state index contributed by atoms with van der Waals surface area (Å²) in [5, 5.41) is 11.0. The lowest BCUT2D eigenvalue weighted by molar-refractivity contribution is 0.0963. The Bertz CT molecular complexity index is 730. The summed E-state index contributed by atoms with van der Waals surface area (Å²) in [6.45, 7) is 2.41. The first-order chi connectivity index (χ1) is 11.5. The summed E-state index contributed by atoms with van der Waals surface area (Å²) in [5.74, 6) is 0.243. The average Bonchev–Trinajstić information content (AvgIpc) is 2.99. The van der Waals surface area contributed by atoms with Gasteiger partial charge in [0.05, 0.1) is 23.5 Å². The molecule has 1 aromatic carbocycles. The van der Waals surface area contributed by atoms with Gasteiger partial charge in [-0.2, -0.15) is 0 Å². The number of thiazole rings is 1. The maximum Gasteiger partial charge on any atom is 0.319 e. The highest BCUT2D eigenvalue weighted by atomic mass is 32.1. The minimum Gasteiger partial charge on any atom is -0.495 e. The predicted octanol–water partition coefficient (Wildman–Crippen LogP) is 2.18. The van der Waals surface area contributed by atoms with E-state index in [4.69, 9.17) is 4.74 Å². The number of anilines is 1. The van der Waals surface area contributed by atoms with Crippen LogP contribution in [-0.4, -0.2) is 37.6 Å². The fourth-order valence-corrected chi connectivity index (χ4v) is 2.73. The zero-order chi connectivity index (χ0) is 17.5. The minimum absolute atomic E-state index is 0.236. The Morgan fingerprint density at radius 3 is 2.75 bits per heavy atom. The Hall–Kier alpha value is -2.61. The van der Waals surface area contributed by atoms with Crippen LogP contribution < -0.4 is 20.7 Å². The van der Waals surface area contributed by atoms with Crippen molar-refractivity contribution in [1.82, 2.24) is 15.6 Å². The number of nitrogens with zero attached hydrogens (tertiary/aromatic N) is 1. The van der Waals surface area contributed by atoms with Crippen molar-refractivity contribution in [2.75, 3.05) is 26.0 Å². The number of aryl methyl sites for hydroxylation is 1. The first kappa shape index (κ1) is 17.7. The molecule has 128 valence electrons. The molecule has 0 radical (unpaired) electrons. The molecule has 0 spiro atoms. The minimum atomic E-state index is -0.366. The van der Waals surface area contributed by atoms with Crippen LogP contribution in [0.25, 0.3) is 0 Å². The third kappa shape index (κ3) is 4.69. The van der Waals surface area contributed by atoms with Gasteiger partial charge in [0.25, 0.3) is 5.91 Å². The van der Waals surface area contributed by atoms with Gasteiger partial charge in [-0.05, 0) is 25.1 Å². The van der Waals surface area contributed by atoms with Gasteiger partial charge in [-0.15, -0.1) is 11.3 Å². The molecule has 2 aromatic rings. The van der Waals surface area contributed by atoms with Gasteiger partial charge in [-0.3, -0.25) is 4.79 Å². The molecule has 0 atom stereocenters. The topological polar surface area (TPSA) is 92.4 Å². The Kier molecular flexibility index (Phi) is 6.14. The number of benzene rings is 1. The molecule has 0 fully saturated rings. The van der Waals surface area contributed by atoms with Crippen LogP contribution in [0.3, 0.4) is 0 Å². The maximum atomic E-state index is 12.0. The molecule has 8 heteroatoms. The highest BCUT2D eigenvalue weighted by molar-refractivity contribution is 7.09. The van der Waals surface area contributed by atoms with E-state index >= 15 is 0 Å². The fraction of sp³-hybridized carbons (Fsp3) is 0.312. The van der Waals surface area contributed by atoms with Gasteiger partial charge in [0, 0.05) is 31.0 Å². The van der Waals surface area contributed by atoms with E-state index in [1.54, 1.807) is 36.6 Å². The van der Waals surface area contributed by atoms with Crippen LogP contribution in [0.5, 0.6) is 5.75 Å². The van der Waals surface area contributed by atoms with Gasteiger partial charge >= 0.3 is 6.03 Å². The van der Waals surface area contributed by atoms with E-state index in [1.807, 2.05) is 12.3 Å². The van der Waals surface area contributed by atoms with Crippen molar-refractivity contribution in [3.8, 4) is 5.75 Å². The van der Waals surface area contributed by atoms with Crippen molar-refractivity contribution < 1.29 is 14.3 Å². The second-order valence-electron chi connectivity index (χ2n) is 4.98.